The molecule has 4 rings (SSSR count). The maximum Gasteiger partial charge on any atom is 0.272 e. The second-order valence-corrected chi connectivity index (χ2v) is 10.3. The van der Waals surface area contributed by atoms with Gasteiger partial charge in [-0.05, 0) is 49.1 Å². The Bertz CT molecular complexity index is 1230. The quantitative estimate of drug-likeness (QED) is 0.561. The largest absolute Gasteiger partial charge is 0.487 e. The van der Waals surface area contributed by atoms with Crippen LogP contribution in [0.2, 0.25) is 0 Å². The van der Waals surface area contributed by atoms with Crippen molar-refractivity contribution in [2.75, 3.05) is 18.4 Å². The minimum Gasteiger partial charge on any atom is -0.487 e. The number of carbonyl (C=O) groups excluding carboxylic acids is 1. The molecule has 0 atom stereocenters. The van der Waals surface area contributed by atoms with Crippen LogP contribution in [0.3, 0.4) is 0 Å². The number of aryl methyl sites for hydroxylation is 2. The van der Waals surface area contributed by atoms with Crippen molar-refractivity contribution in [2.24, 2.45) is 7.05 Å². The summed E-state index contributed by atoms with van der Waals surface area (Å²) in [4.78, 5) is 13.2. The van der Waals surface area contributed by atoms with E-state index >= 15 is 0 Å². The van der Waals surface area contributed by atoms with Crippen molar-refractivity contribution < 1.29 is 17.9 Å². The smallest absolute Gasteiger partial charge is 0.272 e. The highest BCUT2D eigenvalue weighted by Gasteiger charge is 2.28. The molecule has 0 radical (unpaired) electrons. The molecule has 0 spiro atoms. The van der Waals surface area contributed by atoms with Crippen molar-refractivity contribution >= 4 is 21.6 Å². The van der Waals surface area contributed by atoms with Gasteiger partial charge in [0.05, 0.1) is 5.69 Å². The minimum atomic E-state index is -3.62. The van der Waals surface area contributed by atoms with E-state index in [1.807, 2.05) is 49.4 Å². The van der Waals surface area contributed by atoms with Gasteiger partial charge in [0.15, 0.2) is 0 Å². The number of rotatable bonds is 7. The van der Waals surface area contributed by atoms with Crippen molar-refractivity contribution in [1.29, 1.82) is 0 Å². The van der Waals surface area contributed by atoms with Crippen LogP contribution in [0.1, 0.15) is 40.9 Å². The van der Waals surface area contributed by atoms with Crippen LogP contribution < -0.4 is 10.1 Å². The van der Waals surface area contributed by atoms with E-state index in [4.69, 9.17) is 4.74 Å². The summed E-state index contributed by atoms with van der Waals surface area (Å²) in [5.74, 6) is 0.161. The molecule has 33 heavy (non-hydrogen) atoms. The average Bonchev–Trinajstić information content (AvgIpc) is 3.23. The average molecular weight is 468 g/mol. The van der Waals surface area contributed by atoms with Crippen LogP contribution in [0.5, 0.6) is 5.75 Å². The molecule has 1 amide bonds. The van der Waals surface area contributed by atoms with Gasteiger partial charge >= 0.3 is 0 Å². The highest BCUT2D eigenvalue weighted by atomic mass is 32.2. The van der Waals surface area contributed by atoms with Crippen LogP contribution in [-0.2, 0) is 23.7 Å². The first-order chi connectivity index (χ1) is 15.8. The lowest BCUT2D eigenvalue weighted by molar-refractivity contribution is 0.101. The first-order valence-corrected chi connectivity index (χ1v) is 12.5. The molecule has 1 aromatic heterocycles. The SMILES string of the molecule is Cc1ccc(NC(=O)c2cc(S(=O)(=O)N3CCCCC3)cn2C)c(OCc2ccccc2)c1. The fraction of sp³-hybridized carbons (Fsp3) is 0.320. The fourth-order valence-electron chi connectivity index (χ4n) is 3.93. The molecule has 1 N–H and O–H groups in total. The molecular weight excluding hydrogens is 438 g/mol. The van der Waals surface area contributed by atoms with Crippen molar-refractivity contribution in [2.45, 2.75) is 37.7 Å². The normalized spacial score (nSPS) is 14.7. The number of anilines is 1. The van der Waals surface area contributed by atoms with Crippen molar-refractivity contribution in [3.05, 3.63) is 77.6 Å². The van der Waals surface area contributed by atoms with Gasteiger partial charge in [-0.1, -0.05) is 42.8 Å². The summed E-state index contributed by atoms with van der Waals surface area (Å²) in [6.45, 7) is 3.36. The molecule has 1 aliphatic rings. The Morgan fingerprint density at radius 3 is 2.48 bits per heavy atom. The third-order valence-corrected chi connectivity index (χ3v) is 7.65. The molecule has 0 saturated carbocycles. The Morgan fingerprint density at radius 1 is 1.03 bits per heavy atom. The number of carbonyl (C=O) groups is 1. The standard InChI is InChI=1S/C25H29N3O4S/c1-19-11-12-22(24(15-19)32-18-20-9-5-3-6-10-20)26-25(29)23-16-21(17-27(23)2)33(30,31)28-13-7-4-8-14-28/h3,5-6,9-12,15-17H,4,7-8,13-14,18H2,1-2H3,(H,26,29). The Balaban J connectivity index is 1.53. The van der Waals surface area contributed by atoms with E-state index in [2.05, 4.69) is 5.32 Å². The van der Waals surface area contributed by atoms with Gasteiger partial charge in [0.2, 0.25) is 10.0 Å². The summed E-state index contributed by atoms with van der Waals surface area (Å²) >= 11 is 0. The lowest BCUT2D eigenvalue weighted by Gasteiger charge is -2.25. The van der Waals surface area contributed by atoms with Gasteiger partial charge in [0, 0.05) is 26.3 Å². The maximum absolute atomic E-state index is 13.1. The number of benzene rings is 2. The van der Waals surface area contributed by atoms with Crippen molar-refractivity contribution in [3.8, 4) is 5.75 Å². The molecule has 3 aromatic rings. The molecule has 2 aromatic carbocycles. The highest BCUT2D eigenvalue weighted by Crippen LogP contribution is 2.28. The molecule has 1 fully saturated rings. The predicted molar refractivity (Wildman–Crippen MR) is 128 cm³/mol. The van der Waals surface area contributed by atoms with E-state index in [0.717, 1.165) is 30.4 Å². The Labute approximate surface area is 195 Å². The number of nitrogens with zero attached hydrogens (tertiary/aromatic N) is 2. The summed E-state index contributed by atoms with van der Waals surface area (Å²) in [7, 11) is -1.94. The van der Waals surface area contributed by atoms with E-state index in [-0.39, 0.29) is 10.6 Å². The molecule has 7 nitrogen and oxygen atoms in total. The zero-order chi connectivity index (χ0) is 23.4. The number of nitrogens with one attached hydrogen (secondary N) is 1. The first-order valence-electron chi connectivity index (χ1n) is 11.1. The summed E-state index contributed by atoms with van der Waals surface area (Å²) in [5.41, 5.74) is 2.82. The van der Waals surface area contributed by atoms with E-state index < -0.39 is 15.9 Å². The summed E-state index contributed by atoms with van der Waals surface area (Å²) in [6, 6.07) is 16.8. The van der Waals surface area contributed by atoms with Crippen LogP contribution in [-0.4, -0.2) is 36.3 Å². The zero-order valence-electron chi connectivity index (χ0n) is 19.0. The number of aromatic nitrogens is 1. The van der Waals surface area contributed by atoms with Gasteiger partial charge < -0.3 is 14.6 Å². The van der Waals surface area contributed by atoms with E-state index in [9.17, 15) is 13.2 Å². The number of hydrogen-bond donors (Lipinski definition) is 1. The molecule has 0 aliphatic carbocycles. The fourth-order valence-corrected chi connectivity index (χ4v) is 5.52. The van der Waals surface area contributed by atoms with Crippen molar-refractivity contribution in [1.82, 2.24) is 8.87 Å². The van der Waals surface area contributed by atoms with Crippen LogP contribution >= 0.6 is 0 Å². The maximum atomic E-state index is 13.1. The lowest BCUT2D eigenvalue weighted by Crippen LogP contribution is -2.35. The van der Waals surface area contributed by atoms with Crippen molar-refractivity contribution in [3.63, 3.8) is 0 Å². The van der Waals surface area contributed by atoms with Gasteiger partial charge in [-0.3, -0.25) is 4.79 Å². The lowest BCUT2D eigenvalue weighted by atomic mass is 10.2. The van der Waals surface area contributed by atoms with Crippen LogP contribution in [0.4, 0.5) is 5.69 Å². The summed E-state index contributed by atoms with van der Waals surface area (Å²) in [6.07, 6.45) is 4.26. The Kier molecular flexibility index (Phi) is 6.85. The molecule has 1 aliphatic heterocycles. The number of piperidine rings is 1. The molecule has 8 heteroatoms. The van der Waals surface area contributed by atoms with Gasteiger partial charge in [-0.15, -0.1) is 0 Å². The monoisotopic (exact) mass is 467 g/mol. The van der Waals surface area contributed by atoms with Gasteiger partial charge in [0.1, 0.15) is 22.9 Å². The Morgan fingerprint density at radius 2 is 1.76 bits per heavy atom. The van der Waals surface area contributed by atoms with Gasteiger partial charge in [-0.25, -0.2) is 8.42 Å². The second kappa shape index (κ2) is 9.80. The van der Waals surface area contributed by atoms with E-state index in [0.29, 0.717) is 31.1 Å². The summed E-state index contributed by atoms with van der Waals surface area (Å²) < 4.78 is 35.0. The predicted octanol–water partition coefficient (Wildman–Crippen LogP) is 4.34. The minimum absolute atomic E-state index is 0.140. The summed E-state index contributed by atoms with van der Waals surface area (Å²) in [5, 5.41) is 2.88. The molecule has 174 valence electrons. The molecule has 2 heterocycles. The molecule has 0 bridgehead atoms. The Hall–Kier alpha value is -3.10. The molecule has 1 saturated heterocycles. The van der Waals surface area contributed by atoms with Gasteiger partial charge in [-0.2, -0.15) is 4.31 Å². The number of ether oxygens (including phenoxy) is 1. The van der Waals surface area contributed by atoms with E-state index in [1.54, 1.807) is 17.7 Å². The highest BCUT2D eigenvalue weighted by molar-refractivity contribution is 7.89. The zero-order valence-corrected chi connectivity index (χ0v) is 19.8. The first kappa shape index (κ1) is 23.1. The second-order valence-electron chi connectivity index (χ2n) is 8.36. The van der Waals surface area contributed by atoms with Crippen LogP contribution in [0.15, 0.2) is 65.7 Å². The topological polar surface area (TPSA) is 80.6 Å². The number of hydrogen-bond acceptors (Lipinski definition) is 4. The van der Waals surface area contributed by atoms with Crippen LogP contribution in [0.25, 0.3) is 0 Å². The van der Waals surface area contributed by atoms with Gasteiger partial charge in [0.25, 0.3) is 5.91 Å². The van der Waals surface area contributed by atoms with Crippen LogP contribution in [0, 0.1) is 6.92 Å². The number of amides is 1. The third kappa shape index (κ3) is 5.29. The third-order valence-electron chi connectivity index (χ3n) is 5.79. The number of sulfonamides is 1. The molecule has 0 unspecified atom stereocenters. The van der Waals surface area contributed by atoms with E-state index in [1.165, 1.54) is 16.6 Å². The molecular formula is C25H29N3O4S.